The molecular formula is C22H28N2O3. The van der Waals surface area contributed by atoms with Gasteiger partial charge in [0.05, 0.1) is 12.2 Å². The summed E-state index contributed by atoms with van der Waals surface area (Å²) in [5, 5.41) is 0. The van der Waals surface area contributed by atoms with E-state index in [2.05, 4.69) is 13.8 Å². The molecule has 0 radical (unpaired) electrons. The average molecular weight is 368 g/mol. The van der Waals surface area contributed by atoms with E-state index in [4.69, 9.17) is 4.74 Å². The Bertz CT molecular complexity index is 893. The van der Waals surface area contributed by atoms with E-state index in [1.54, 1.807) is 15.7 Å². The Morgan fingerprint density at radius 2 is 1.85 bits per heavy atom. The molecule has 1 aromatic heterocycles. The molecule has 1 aliphatic rings. The highest BCUT2D eigenvalue weighted by molar-refractivity contribution is 5.95. The van der Waals surface area contributed by atoms with E-state index in [1.165, 1.54) is 0 Å². The van der Waals surface area contributed by atoms with Crippen molar-refractivity contribution in [3.63, 3.8) is 0 Å². The summed E-state index contributed by atoms with van der Waals surface area (Å²) in [5.41, 5.74) is 2.62. The van der Waals surface area contributed by atoms with Crippen molar-refractivity contribution < 1.29 is 9.53 Å². The number of nitrogens with zero attached hydrogens (tertiary/aromatic N) is 2. The molecule has 1 saturated heterocycles. The molecular weight excluding hydrogens is 340 g/mol. The molecule has 0 N–H and O–H groups in total. The lowest BCUT2D eigenvalue weighted by Crippen LogP contribution is -2.56. The lowest BCUT2D eigenvalue weighted by Gasteiger charge is -2.39. The van der Waals surface area contributed by atoms with Crippen molar-refractivity contribution in [2.45, 2.75) is 52.7 Å². The second-order valence-corrected chi connectivity index (χ2v) is 7.82. The van der Waals surface area contributed by atoms with Crippen LogP contribution < -0.4 is 5.56 Å². The number of hydrogen-bond donors (Lipinski definition) is 0. The van der Waals surface area contributed by atoms with Crippen LogP contribution in [0.3, 0.4) is 0 Å². The van der Waals surface area contributed by atoms with Crippen LogP contribution in [-0.4, -0.2) is 40.7 Å². The molecule has 0 atom stereocenters. The molecule has 2 heterocycles. The first-order valence-corrected chi connectivity index (χ1v) is 9.55. The molecule has 0 unspecified atom stereocenters. The number of amides is 1. The van der Waals surface area contributed by atoms with E-state index < -0.39 is 0 Å². The third-order valence-electron chi connectivity index (χ3n) is 4.93. The van der Waals surface area contributed by atoms with Gasteiger partial charge < -0.3 is 9.64 Å². The normalized spacial score (nSPS) is 14.7. The van der Waals surface area contributed by atoms with Crippen LogP contribution in [-0.2, 0) is 4.74 Å². The van der Waals surface area contributed by atoms with Gasteiger partial charge in [-0.1, -0.05) is 26.0 Å². The maximum absolute atomic E-state index is 13.1. The van der Waals surface area contributed by atoms with Crippen molar-refractivity contribution in [3.8, 4) is 5.69 Å². The van der Waals surface area contributed by atoms with Crippen LogP contribution in [0, 0.1) is 6.92 Å². The SMILES string of the molecule is Cc1ccn(-c2cccc(C(C)C)c2)c(=O)c1C(=O)N1CC(OC(C)C)C1. The zero-order valence-corrected chi connectivity index (χ0v) is 16.7. The number of carbonyl (C=O) groups is 1. The molecule has 2 aromatic rings. The Kier molecular flexibility index (Phi) is 5.51. The lowest BCUT2D eigenvalue weighted by atomic mass is 10.0. The minimum absolute atomic E-state index is 0.0583. The molecule has 1 aromatic carbocycles. The molecule has 0 saturated carbocycles. The number of hydrogen-bond acceptors (Lipinski definition) is 3. The third-order valence-corrected chi connectivity index (χ3v) is 4.93. The fraction of sp³-hybridized carbons (Fsp3) is 0.455. The molecule has 27 heavy (non-hydrogen) atoms. The predicted octanol–water partition coefficient (Wildman–Crippen LogP) is 3.52. The summed E-state index contributed by atoms with van der Waals surface area (Å²) < 4.78 is 7.28. The van der Waals surface area contributed by atoms with Gasteiger partial charge in [0.25, 0.3) is 11.5 Å². The number of benzene rings is 1. The predicted molar refractivity (Wildman–Crippen MR) is 107 cm³/mol. The Morgan fingerprint density at radius 3 is 2.48 bits per heavy atom. The Hall–Kier alpha value is -2.40. The minimum atomic E-state index is -0.269. The van der Waals surface area contributed by atoms with Gasteiger partial charge in [0.15, 0.2) is 0 Å². The van der Waals surface area contributed by atoms with Crippen LogP contribution in [0.2, 0.25) is 0 Å². The maximum atomic E-state index is 13.1. The van der Waals surface area contributed by atoms with Gasteiger partial charge in [-0.3, -0.25) is 14.2 Å². The molecule has 0 bridgehead atoms. The highest BCUT2D eigenvalue weighted by Crippen LogP contribution is 2.20. The third kappa shape index (κ3) is 3.98. The van der Waals surface area contributed by atoms with Gasteiger partial charge in [0.1, 0.15) is 5.56 Å². The zero-order chi connectivity index (χ0) is 19.7. The fourth-order valence-corrected chi connectivity index (χ4v) is 3.36. The maximum Gasteiger partial charge on any atom is 0.268 e. The number of carbonyl (C=O) groups excluding carboxylic acids is 1. The van der Waals surface area contributed by atoms with Gasteiger partial charge in [-0.25, -0.2) is 0 Å². The zero-order valence-electron chi connectivity index (χ0n) is 16.7. The Labute approximate surface area is 160 Å². The quantitative estimate of drug-likeness (QED) is 0.811. The highest BCUT2D eigenvalue weighted by Gasteiger charge is 2.34. The first kappa shape index (κ1) is 19.4. The summed E-state index contributed by atoms with van der Waals surface area (Å²) in [4.78, 5) is 27.7. The van der Waals surface area contributed by atoms with Crippen LogP contribution in [0.5, 0.6) is 0 Å². The summed E-state index contributed by atoms with van der Waals surface area (Å²) in [6.07, 6.45) is 1.94. The Morgan fingerprint density at radius 1 is 1.15 bits per heavy atom. The van der Waals surface area contributed by atoms with Gasteiger partial charge in [0.2, 0.25) is 0 Å². The lowest BCUT2D eigenvalue weighted by molar-refractivity contribution is -0.0685. The van der Waals surface area contributed by atoms with Gasteiger partial charge in [0, 0.05) is 25.0 Å². The number of ether oxygens (including phenoxy) is 1. The van der Waals surface area contributed by atoms with Gasteiger partial charge in [-0.15, -0.1) is 0 Å². The molecule has 5 heteroatoms. The van der Waals surface area contributed by atoms with Crippen LogP contribution in [0.1, 0.15) is 55.1 Å². The molecule has 1 fully saturated rings. The number of aromatic nitrogens is 1. The summed E-state index contributed by atoms with van der Waals surface area (Å²) >= 11 is 0. The van der Waals surface area contributed by atoms with Crippen molar-refractivity contribution in [1.82, 2.24) is 9.47 Å². The standard InChI is InChI=1S/C22H28N2O3/c1-14(2)17-7-6-8-18(11-17)24-10-9-16(5)20(22(24)26)21(25)23-12-19(13-23)27-15(3)4/h6-11,14-15,19H,12-13H2,1-5H3. The van der Waals surface area contributed by atoms with Crippen molar-refractivity contribution in [1.29, 1.82) is 0 Å². The second kappa shape index (κ2) is 7.69. The van der Waals surface area contributed by atoms with E-state index in [-0.39, 0.29) is 29.2 Å². The topological polar surface area (TPSA) is 51.5 Å². The number of likely N-dealkylation sites (tertiary alicyclic amines) is 1. The molecule has 144 valence electrons. The van der Waals surface area contributed by atoms with E-state index >= 15 is 0 Å². The van der Waals surface area contributed by atoms with Crippen molar-refractivity contribution >= 4 is 5.91 Å². The van der Waals surface area contributed by atoms with E-state index in [0.29, 0.717) is 24.6 Å². The highest BCUT2D eigenvalue weighted by atomic mass is 16.5. The summed E-state index contributed by atoms with van der Waals surface area (Å²) in [6.45, 7) is 11.1. The smallest absolute Gasteiger partial charge is 0.268 e. The van der Waals surface area contributed by atoms with Crippen LogP contribution in [0.15, 0.2) is 41.3 Å². The first-order valence-electron chi connectivity index (χ1n) is 9.55. The number of aryl methyl sites for hydroxylation is 1. The summed E-state index contributed by atoms with van der Waals surface area (Å²) in [7, 11) is 0. The van der Waals surface area contributed by atoms with Gasteiger partial charge in [-0.05, 0) is 56.0 Å². The first-order chi connectivity index (χ1) is 12.8. The molecule has 1 amide bonds. The van der Waals surface area contributed by atoms with Crippen molar-refractivity contribution in [2.24, 2.45) is 0 Å². The van der Waals surface area contributed by atoms with Gasteiger partial charge >= 0.3 is 0 Å². The van der Waals surface area contributed by atoms with E-state index in [9.17, 15) is 9.59 Å². The minimum Gasteiger partial charge on any atom is -0.372 e. The average Bonchev–Trinajstić information content (AvgIpc) is 2.57. The van der Waals surface area contributed by atoms with Crippen LogP contribution in [0.25, 0.3) is 5.69 Å². The second-order valence-electron chi connectivity index (χ2n) is 7.82. The van der Waals surface area contributed by atoms with Crippen LogP contribution >= 0.6 is 0 Å². The molecule has 3 rings (SSSR count). The van der Waals surface area contributed by atoms with Gasteiger partial charge in [-0.2, -0.15) is 0 Å². The van der Waals surface area contributed by atoms with Crippen LogP contribution in [0.4, 0.5) is 0 Å². The van der Waals surface area contributed by atoms with Crippen molar-refractivity contribution in [2.75, 3.05) is 13.1 Å². The summed E-state index contributed by atoms with van der Waals surface area (Å²) in [6, 6.07) is 9.73. The summed E-state index contributed by atoms with van der Waals surface area (Å²) in [5.74, 6) is 0.154. The van der Waals surface area contributed by atoms with E-state index in [1.807, 2.05) is 51.1 Å². The number of rotatable bonds is 5. The molecule has 0 aliphatic carbocycles. The van der Waals surface area contributed by atoms with E-state index in [0.717, 1.165) is 11.3 Å². The molecule has 1 aliphatic heterocycles. The van der Waals surface area contributed by atoms with Crippen molar-refractivity contribution in [3.05, 3.63) is 63.6 Å². The molecule has 0 spiro atoms. The largest absolute Gasteiger partial charge is 0.372 e. The Balaban J connectivity index is 1.90. The monoisotopic (exact) mass is 368 g/mol. The fourth-order valence-electron chi connectivity index (χ4n) is 3.36. The number of pyridine rings is 1. The molecule has 5 nitrogen and oxygen atoms in total.